The van der Waals surface area contributed by atoms with Crippen molar-refractivity contribution in [2.24, 2.45) is 4.99 Å². The fourth-order valence-electron chi connectivity index (χ4n) is 3.03. The highest BCUT2D eigenvalue weighted by Gasteiger charge is 2.25. The van der Waals surface area contributed by atoms with Crippen molar-refractivity contribution in [2.75, 3.05) is 18.5 Å². The van der Waals surface area contributed by atoms with Crippen molar-refractivity contribution in [3.8, 4) is 0 Å². The highest BCUT2D eigenvalue weighted by molar-refractivity contribution is 6.22. The van der Waals surface area contributed by atoms with Gasteiger partial charge < -0.3 is 9.72 Å². The molecule has 0 saturated carbocycles. The number of halogens is 1. The molecule has 0 fully saturated rings. The number of aromatic nitrogens is 2. The van der Waals surface area contributed by atoms with Crippen molar-refractivity contribution in [2.45, 2.75) is 6.92 Å². The standard InChI is InChI=1S/C19H15FN4O3/c1-2-27-19(26)24-18-22-13-7-6-10(8-14(13)23-18)17-16-11(15(25)9-21-17)4-3-5-12(16)20/h3-8H,2,9H2,1H3,(H2,22,23,24,26). The number of H-pyrrole nitrogens is 1. The van der Waals surface area contributed by atoms with Crippen LogP contribution in [0.1, 0.15) is 28.4 Å². The maximum absolute atomic E-state index is 14.4. The molecular formula is C19H15FN4O3. The third-order valence-electron chi connectivity index (χ3n) is 4.18. The number of imidazole rings is 1. The molecule has 7 nitrogen and oxygen atoms in total. The van der Waals surface area contributed by atoms with E-state index in [9.17, 15) is 14.0 Å². The Bertz CT molecular complexity index is 1100. The summed E-state index contributed by atoms with van der Waals surface area (Å²) in [6, 6.07) is 9.66. The Labute approximate surface area is 153 Å². The van der Waals surface area contributed by atoms with Gasteiger partial charge in [0, 0.05) is 16.7 Å². The summed E-state index contributed by atoms with van der Waals surface area (Å²) in [5, 5.41) is 2.50. The lowest BCUT2D eigenvalue weighted by Crippen LogP contribution is -2.21. The maximum atomic E-state index is 14.4. The van der Waals surface area contributed by atoms with Crippen LogP contribution < -0.4 is 5.32 Å². The number of aliphatic imine (C=N–C) groups is 1. The van der Waals surface area contributed by atoms with Gasteiger partial charge in [-0.2, -0.15) is 0 Å². The molecule has 4 rings (SSSR count). The summed E-state index contributed by atoms with van der Waals surface area (Å²) >= 11 is 0. The topological polar surface area (TPSA) is 96.4 Å². The van der Waals surface area contributed by atoms with Crippen LogP contribution in [-0.4, -0.2) is 40.7 Å². The van der Waals surface area contributed by atoms with Crippen molar-refractivity contribution < 1.29 is 18.7 Å². The lowest BCUT2D eigenvalue weighted by Gasteiger charge is -2.17. The fourth-order valence-corrected chi connectivity index (χ4v) is 3.03. The van der Waals surface area contributed by atoms with E-state index in [1.165, 1.54) is 12.1 Å². The van der Waals surface area contributed by atoms with Crippen LogP contribution in [0.4, 0.5) is 15.1 Å². The predicted octanol–water partition coefficient (Wildman–Crippen LogP) is 3.30. The Kier molecular flexibility index (Phi) is 4.15. The number of fused-ring (bicyclic) bond motifs is 2. The van der Waals surface area contributed by atoms with Crippen LogP contribution in [0.2, 0.25) is 0 Å². The molecule has 1 amide bonds. The van der Waals surface area contributed by atoms with E-state index in [2.05, 4.69) is 20.3 Å². The summed E-state index contributed by atoms with van der Waals surface area (Å²) < 4.78 is 19.2. The average molecular weight is 366 g/mol. The Morgan fingerprint density at radius 2 is 2.19 bits per heavy atom. The van der Waals surface area contributed by atoms with Gasteiger partial charge in [-0.05, 0) is 25.1 Å². The third-order valence-corrected chi connectivity index (χ3v) is 4.18. The van der Waals surface area contributed by atoms with E-state index in [4.69, 9.17) is 4.74 Å². The summed E-state index contributed by atoms with van der Waals surface area (Å²) in [7, 11) is 0. The molecule has 0 bridgehead atoms. The summed E-state index contributed by atoms with van der Waals surface area (Å²) in [6.07, 6.45) is -0.608. The number of nitrogens with zero attached hydrogens (tertiary/aromatic N) is 2. The number of nitrogens with one attached hydrogen (secondary N) is 2. The van der Waals surface area contributed by atoms with E-state index in [1.54, 1.807) is 31.2 Å². The second-order valence-electron chi connectivity index (χ2n) is 5.91. The van der Waals surface area contributed by atoms with Gasteiger partial charge in [0.05, 0.1) is 23.4 Å². The molecule has 0 aliphatic carbocycles. The number of hydrogen-bond donors (Lipinski definition) is 2. The zero-order chi connectivity index (χ0) is 19.0. The number of hydrogen-bond acceptors (Lipinski definition) is 5. The molecule has 0 atom stereocenters. The third kappa shape index (κ3) is 3.05. The van der Waals surface area contributed by atoms with Gasteiger partial charge >= 0.3 is 6.09 Å². The molecular weight excluding hydrogens is 351 g/mol. The van der Waals surface area contributed by atoms with Crippen molar-refractivity contribution in [1.82, 2.24) is 9.97 Å². The van der Waals surface area contributed by atoms with Gasteiger partial charge in [0.1, 0.15) is 12.4 Å². The average Bonchev–Trinajstić information content (AvgIpc) is 3.04. The number of Topliss-reactive ketones (excluding diaryl/α,β-unsaturated/α-hetero) is 1. The zero-order valence-corrected chi connectivity index (χ0v) is 14.4. The number of carbonyl (C=O) groups excluding carboxylic acids is 2. The van der Waals surface area contributed by atoms with Crippen LogP contribution in [0.15, 0.2) is 41.4 Å². The van der Waals surface area contributed by atoms with E-state index < -0.39 is 11.9 Å². The van der Waals surface area contributed by atoms with Gasteiger partial charge in [0.2, 0.25) is 5.95 Å². The molecule has 0 radical (unpaired) electrons. The van der Waals surface area contributed by atoms with Crippen molar-refractivity contribution in [3.05, 3.63) is 58.9 Å². The predicted molar refractivity (Wildman–Crippen MR) is 98.0 cm³/mol. The Morgan fingerprint density at radius 3 is 3.00 bits per heavy atom. The largest absolute Gasteiger partial charge is 0.450 e. The number of carbonyl (C=O) groups is 2. The van der Waals surface area contributed by atoms with Crippen LogP contribution in [0, 0.1) is 5.82 Å². The second-order valence-corrected chi connectivity index (χ2v) is 5.91. The highest BCUT2D eigenvalue weighted by Crippen LogP contribution is 2.25. The SMILES string of the molecule is CCOC(=O)Nc1nc2ccc(C3=NCC(=O)c4cccc(F)c43)cc2[nH]1. The first-order chi connectivity index (χ1) is 13.1. The monoisotopic (exact) mass is 366 g/mol. The minimum absolute atomic E-state index is 0.0253. The van der Waals surface area contributed by atoms with Crippen molar-refractivity contribution in [1.29, 1.82) is 0 Å². The van der Waals surface area contributed by atoms with Crippen LogP contribution in [-0.2, 0) is 4.74 Å². The molecule has 1 aromatic heterocycles. The molecule has 0 unspecified atom stereocenters. The van der Waals surface area contributed by atoms with Crippen LogP contribution in [0.3, 0.4) is 0 Å². The maximum Gasteiger partial charge on any atom is 0.413 e. The van der Waals surface area contributed by atoms with Gasteiger partial charge in [0.15, 0.2) is 5.78 Å². The van der Waals surface area contributed by atoms with E-state index in [0.717, 1.165) is 0 Å². The van der Waals surface area contributed by atoms with Gasteiger partial charge in [0.25, 0.3) is 0 Å². The van der Waals surface area contributed by atoms with E-state index in [-0.39, 0.29) is 30.4 Å². The number of benzene rings is 2. The zero-order valence-electron chi connectivity index (χ0n) is 14.4. The summed E-state index contributed by atoms with van der Waals surface area (Å²) in [4.78, 5) is 35.1. The molecule has 0 spiro atoms. The quantitative estimate of drug-likeness (QED) is 0.743. The summed E-state index contributed by atoms with van der Waals surface area (Å²) in [5.41, 5.74) is 2.85. The van der Waals surface area contributed by atoms with E-state index in [0.29, 0.717) is 27.9 Å². The van der Waals surface area contributed by atoms with Crippen molar-refractivity contribution in [3.63, 3.8) is 0 Å². The van der Waals surface area contributed by atoms with Gasteiger partial charge in [-0.3, -0.25) is 15.1 Å². The molecule has 27 heavy (non-hydrogen) atoms. The highest BCUT2D eigenvalue weighted by atomic mass is 19.1. The minimum atomic E-state index is -0.608. The summed E-state index contributed by atoms with van der Waals surface area (Å²) in [6.45, 7) is 1.93. The fraction of sp³-hybridized carbons (Fsp3) is 0.158. The number of ether oxygens (including phenoxy) is 1. The van der Waals surface area contributed by atoms with E-state index >= 15 is 0 Å². The van der Waals surface area contributed by atoms with Crippen LogP contribution in [0.5, 0.6) is 0 Å². The number of aromatic amines is 1. The molecule has 0 saturated heterocycles. The molecule has 136 valence electrons. The number of rotatable bonds is 3. The van der Waals surface area contributed by atoms with Gasteiger partial charge in [-0.1, -0.05) is 18.2 Å². The summed E-state index contributed by atoms with van der Waals surface area (Å²) in [5.74, 6) is -0.460. The first-order valence-corrected chi connectivity index (χ1v) is 8.37. The van der Waals surface area contributed by atoms with Crippen LogP contribution >= 0.6 is 0 Å². The first-order valence-electron chi connectivity index (χ1n) is 8.37. The normalized spacial score (nSPS) is 13.3. The lowest BCUT2D eigenvalue weighted by molar-refractivity contribution is 0.0999. The van der Waals surface area contributed by atoms with E-state index in [1.807, 2.05) is 0 Å². The molecule has 8 heteroatoms. The molecule has 1 aliphatic rings. The van der Waals surface area contributed by atoms with Gasteiger partial charge in [-0.25, -0.2) is 14.2 Å². The smallest absolute Gasteiger partial charge is 0.413 e. The van der Waals surface area contributed by atoms with Crippen LogP contribution in [0.25, 0.3) is 11.0 Å². The Balaban J connectivity index is 1.73. The number of amides is 1. The molecule has 3 aromatic rings. The Morgan fingerprint density at radius 1 is 1.33 bits per heavy atom. The minimum Gasteiger partial charge on any atom is -0.450 e. The van der Waals surface area contributed by atoms with Crippen molar-refractivity contribution >= 4 is 34.6 Å². The number of anilines is 1. The first kappa shape index (κ1) is 16.9. The molecule has 2 heterocycles. The number of ketones is 1. The lowest BCUT2D eigenvalue weighted by atomic mass is 9.92. The molecule has 2 aromatic carbocycles. The second kappa shape index (κ2) is 6.64. The van der Waals surface area contributed by atoms with Gasteiger partial charge in [-0.15, -0.1) is 0 Å². The molecule has 1 aliphatic heterocycles. The Hall–Kier alpha value is -3.55. The molecule has 2 N–H and O–H groups in total.